The van der Waals surface area contributed by atoms with Gasteiger partial charge in [0, 0.05) is 46.8 Å². The van der Waals surface area contributed by atoms with Gasteiger partial charge in [-0.3, -0.25) is 28.2 Å². The highest BCUT2D eigenvalue weighted by Gasteiger charge is 2.25. The van der Waals surface area contributed by atoms with Gasteiger partial charge in [0.1, 0.15) is 6.54 Å². The van der Waals surface area contributed by atoms with Crippen LogP contribution < -0.4 is 11.2 Å². The van der Waals surface area contributed by atoms with E-state index in [0.717, 1.165) is 24.2 Å². The second-order valence-electron chi connectivity index (χ2n) is 8.90. The number of carbonyl (C=O) groups is 1. The van der Waals surface area contributed by atoms with Crippen LogP contribution in [-0.4, -0.2) is 60.6 Å². The van der Waals surface area contributed by atoms with Crippen LogP contribution in [0.1, 0.15) is 30.9 Å². The maximum Gasteiger partial charge on any atom is 0.332 e. The first-order valence-corrected chi connectivity index (χ1v) is 11.5. The summed E-state index contributed by atoms with van der Waals surface area (Å²) in [5.74, 6) is 0.382. The number of carbonyl (C=O) groups excluding carboxylic acids is 1. The predicted molar refractivity (Wildman–Crippen MR) is 128 cm³/mol. The predicted octanol–water partition coefficient (Wildman–Crippen LogP) is 1.55. The minimum Gasteiger partial charge on any atom is -0.339 e. The number of amides is 1. The monoisotopic (exact) mass is 472 g/mol. The van der Waals surface area contributed by atoms with Gasteiger partial charge in [-0.2, -0.15) is 4.98 Å². The zero-order valence-corrected chi connectivity index (χ0v) is 20.2. The van der Waals surface area contributed by atoms with Crippen molar-refractivity contribution in [3.05, 3.63) is 61.5 Å². The summed E-state index contributed by atoms with van der Waals surface area (Å²) < 4.78 is 3.65. The Morgan fingerprint density at radius 3 is 2.27 bits per heavy atom. The van der Waals surface area contributed by atoms with Gasteiger partial charge >= 0.3 is 5.69 Å². The molecule has 1 amide bonds. The number of nitrogens with zero attached hydrogens (tertiary/aromatic N) is 6. The van der Waals surface area contributed by atoms with Crippen molar-refractivity contribution in [2.24, 2.45) is 14.1 Å². The van der Waals surface area contributed by atoms with Gasteiger partial charge in [-0.05, 0) is 28.6 Å². The number of aryl methyl sites for hydroxylation is 1. The maximum absolute atomic E-state index is 13.0. The molecule has 1 fully saturated rings. The summed E-state index contributed by atoms with van der Waals surface area (Å²) in [4.78, 5) is 46.1. The van der Waals surface area contributed by atoms with E-state index >= 15 is 0 Å². The Balaban J connectivity index is 1.43. The molecule has 176 valence electrons. The molecular weight excluding hydrogens is 444 g/mol. The fourth-order valence-electron chi connectivity index (χ4n) is 4.22. The molecule has 3 aromatic rings. The molecular formula is C23H29ClN6O3. The molecule has 0 spiro atoms. The van der Waals surface area contributed by atoms with Crippen LogP contribution in [0.25, 0.3) is 11.2 Å². The molecule has 0 N–H and O–H groups in total. The topological polar surface area (TPSA) is 85.4 Å². The lowest BCUT2D eigenvalue weighted by atomic mass is 10.0. The smallest absolute Gasteiger partial charge is 0.332 e. The summed E-state index contributed by atoms with van der Waals surface area (Å²) in [5, 5.41) is 0.0140. The van der Waals surface area contributed by atoms with E-state index in [-0.39, 0.29) is 28.9 Å². The maximum atomic E-state index is 13.0. The Hall–Kier alpha value is -2.91. The van der Waals surface area contributed by atoms with Crippen molar-refractivity contribution in [1.29, 1.82) is 0 Å². The average Bonchev–Trinajstić information content (AvgIpc) is 3.13. The summed E-state index contributed by atoms with van der Waals surface area (Å²) >= 11 is 6.25. The lowest BCUT2D eigenvalue weighted by molar-refractivity contribution is -0.133. The molecule has 0 bridgehead atoms. The standard InChI is InChI=1S/C23H29ClN6O3/c1-15(2)17-7-5-16(6-8-17)13-28-9-11-29(12-10-28)18(31)14-30-19-20(25-22(30)24)26(3)23(33)27(4)21(19)32/h5-8,15H,9-14H2,1-4H3. The summed E-state index contributed by atoms with van der Waals surface area (Å²) in [6, 6.07) is 8.71. The minimum atomic E-state index is -0.520. The third-order valence-electron chi connectivity index (χ3n) is 6.37. The van der Waals surface area contributed by atoms with E-state index in [4.69, 9.17) is 11.6 Å². The fourth-order valence-corrected chi connectivity index (χ4v) is 4.45. The van der Waals surface area contributed by atoms with Crippen LogP contribution in [0, 0.1) is 0 Å². The second kappa shape index (κ2) is 9.15. The van der Waals surface area contributed by atoms with Crippen molar-refractivity contribution in [2.45, 2.75) is 32.9 Å². The number of hydrogen-bond donors (Lipinski definition) is 0. The zero-order chi connectivity index (χ0) is 23.9. The largest absolute Gasteiger partial charge is 0.339 e. The summed E-state index contributed by atoms with van der Waals surface area (Å²) in [6.07, 6.45) is 0. The van der Waals surface area contributed by atoms with E-state index in [1.807, 2.05) is 0 Å². The van der Waals surface area contributed by atoms with Crippen LogP contribution in [0.2, 0.25) is 5.28 Å². The molecule has 0 aliphatic carbocycles. The Morgan fingerprint density at radius 1 is 1.03 bits per heavy atom. The molecule has 2 aromatic heterocycles. The zero-order valence-electron chi connectivity index (χ0n) is 19.4. The number of fused-ring (bicyclic) bond motifs is 1. The second-order valence-corrected chi connectivity index (χ2v) is 9.24. The third kappa shape index (κ3) is 4.47. The van der Waals surface area contributed by atoms with Crippen LogP contribution >= 0.6 is 11.6 Å². The van der Waals surface area contributed by atoms with E-state index in [1.54, 1.807) is 4.90 Å². The van der Waals surface area contributed by atoms with Crippen molar-refractivity contribution in [1.82, 2.24) is 28.5 Å². The first kappa shape index (κ1) is 23.3. The Morgan fingerprint density at radius 2 is 1.67 bits per heavy atom. The summed E-state index contributed by atoms with van der Waals surface area (Å²) in [6.45, 7) is 7.86. The lowest BCUT2D eigenvalue weighted by Crippen LogP contribution is -2.49. The van der Waals surface area contributed by atoms with Crippen LogP contribution in [0.4, 0.5) is 0 Å². The van der Waals surface area contributed by atoms with E-state index in [0.29, 0.717) is 19.0 Å². The number of aromatic nitrogens is 4. The number of halogens is 1. The Labute approximate surface area is 196 Å². The van der Waals surface area contributed by atoms with Crippen molar-refractivity contribution in [2.75, 3.05) is 26.2 Å². The molecule has 1 saturated heterocycles. The molecule has 33 heavy (non-hydrogen) atoms. The van der Waals surface area contributed by atoms with Crippen molar-refractivity contribution in [3.63, 3.8) is 0 Å². The van der Waals surface area contributed by atoms with Gasteiger partial charge in [-0.1, -0.05) is 38.1 Å². The number of rotatable bonds is 5. The van der Waals surface area contributed by atoms with Gasteiger partial charge in [-0.15, -0.1) is 0 Å². The molecule has 1 aliphatic heterocycles. The quantitative estimate of drug-likeness (QED) is 0.526. The molecule has 1 aromatic carbocycles. The van der Waals surface area contributed by atoms with Crippen LogP contribution in [0.5, 0.6) is 0 Å². The molecule has 4 rings (SSSR count). The first-order valence-electron chi connectivity index (χ1n) is 11.1. The van der Waals surface area contributed by atoms with Crippen molar-refractivity contribution in [3.8, 4) is 0 Å². The van der Waals surface area contributed by atoms with Crippen LogP contribution in [0.3, 0.4) is 0 Å². The minimum absolute atomic E-state index is 0.0140. The lowest BCUT2D eigenvalue weighted by Gasteiger charge is -2.35. The van der Waals surface area contributed by atoms with Gasteiger partial charge < -0.3 is 4.90 Å². The molecule has 3 heterocycles. The van der Waals surface area contributed by atoms with Crippen LogP contribution in [0.15, 0.2) is 33.9 Å². The van der Waals surface area contributed by atoms with Gasteiger partial charge in [0.05, 0.1) is 0 Å². The highest BCUT2D eigenvalue weighted by atomic mass is 35.5. The molecule has 9 nitrogen and oxygen atoms in total. The first-order chi connectivity index (χ1) is 15.7. The molecule has 0 unspecified atom stereocenters. The molecule has 10 heteroatoms. The number of hydrogen-bond acceptors (Lipinski definition) is 5. The summed E-state index contributed by atoms with van der Waals surface area (Å²) in [5.41, 5.74) is 1.91. The number of piperazine rings is 1. The van der Waals surface area contributed by atoms with E-state index in [1.165, 1.54) is 34.4 Å². The third-order valence-corrected chi connectivity index (χ3v) is 6.66. The van der Waals surface area contributed by atoms with Gasteiger partial charge in [0.25, 0.3) is 5.56 Å². The van der Waals surface area contributed by atoms with Gasteiger partial charge in [-0.25, -0.2) is 4.79 Å². The number of benzene rings is 1. The van der Waals surface area contributed by atoms with Crippen molar-refractivity contribution >= 4 is 28.7 Å². The van der Waals surface area contributed by atoms with Crippen LogP contribution in [-0.2, 0) is 32.0 Å². The van der Waals surface area contributed by atoms with Gasteiger partial charge in [0.15, 0.2) is 11.2 Å². The fraction of sp³-hybridized carbons (Fsp3) is 0.478. The Kier molecular flexibility index (Phi) is 6.45. The summed E-state index contributed by atoms with van der Waals surface area (Å²) in [7, 11) is 2.92. The molecule has 0 atom stereocenters. The highest BCUT2D eigenvalue weighted by Crippen LogP contribution is 2.18. The highest BCUT2D eigenvalue weighted by molar-refractivity contribution is 6.29. The average molecular weight is 473 g/mol. The van der Waals surface area contributed by atoms with E-state index in [2.05, 4.69) is 48.0 Å². The van der Waals surface area contributed by atoms with E-state index < -0.39 is 11.2 Å². The van der Waals surface area contributed by atoms with E-state index in [9.17, 15) is 14.4 Å². The van der Waals surface area contributed by atoms with Gasteiger partial charge in [0.2, 0.25) is 11.2 Å². The Bertz CT molecular complexity index is 1300. The molecule has 0 saturated carbocycles. The molecule has 0 radical (unpaired) electrons. The SMILES string of the molecule is CC(C)c1ccc(CN2CCN(C(=O)Cn3c(Cl)nc4c3c(=O)n(C)c(=O)n4C)CC2)cc1. The normalized spacial score (nSPS) is 15.0. The van der Waals surface area contributed by atoms with Crippen molar-refractivity contribution < 1.29 is 4.79 Å². The molecule has 1 aliphatic rings. The number of imidazole rings is 1.